The van der Waals surface area contributed by atoms with Crippen LogP contribution in [0.25, 0.3) is 11.4 Å². The maximum absolute atomic E-state index is 12.0. The van der Waals surface area contributed by atoms with Gasteiger partial charge in [-0.25, -0.2) is 9.89 Å². The van der Waals surface area contributed by atoms with Gasteiger partial charge in [0, 0.05) is 16.8 Å². The molecule has 0 saturated heterocycles. The quantitative estimate of drug-likeness (QED) is 0.462. The molecule has 1 aromatic heterocycles. The van der Waals surface area contributed by atoms with Gasteiger partial charge >= 0.3 is 5.69 Å². The Balaban J connectivity index is 1.60. The van der Waals surface area contributed by atoms with Crippen molar-refractivity contribution in [3.63, 3.8) is 0 Å². The van der Waals surface area contributed by atoms with E-state index in [2.05, 4.69) is 25.8 Å². The van der Waals surface area contributed by atoms with Crippen LogP contribution in [0, 0.1) is 0 Å². The van der Waals surface area contributed by atoms with Gasteiger partial charge in [0.25, 0.3) is 5.91 Å². The molecule has 9 heteroatoms. The number of hydrogen-bond donors (Lipinski definition) is 5. The molecule has 0 bridgehead atoms. The number of H-pyrrole nitrogens is 2. The highest BCUT2D eigenvalue weighted by Gasteiger charge is 2.10. The summed E-state index contributed by atoms with van der Waals surface area (Å²) in [5.41, 5.74) is 0.930. The molecular weight excluding hydrogens is 338 g/mol. The summed E-state index contributed by atoms with van der Waals surface area (Å²) in [6, 6.07) is 12.6. The molecule has 0 atom stereocenters. The Hall–Kier alpha value is -3.88. The number of carbonyl (C=O) groups is 2. The van der Waals surface area contributed by atoms with E-state index in [9.17, 15) is 19.5 Å². The number of aromatic nitrogens is 3. The number of amides is 2. The van der Waals surface area contributed by atoms with Crippen molar-refractivity contribution in [3.8, 4) is 17.1 Å². The van der Waals surface area contributed by atoms with E-state index in [4.69, 9.17) is 0 Å². The first-order valence-electron chi connectivity index (χ1n) is 7.63. The Morgan fingerprint density at radius 1 is 1.12 bits per heavy atom. The standard InChI is InChI=1S/C17H15N5O4/c23-13-6-2-4-11(8-13)16(25)18-9-14(24)19-12-5-1-3-10(7-12)15-20-17(26)22-21-15/h1-8,23H,9H2,(H,18,25)(H,19,24)(H2,20,21,22,26). The van der Waals surface area contributed by atoms with Gasteiger partial charge in [-0.15, -0.1) is 0 Å². The normalized spacial score (nSPS) is 10.3. The Bertz CT molecular complexity index is 1010. The number of nitrogens with one attached hydrogen (secondary N) is 4. The Kier molecular flexibility index (Phi) is 4.79. The van der Waals surface area contributed by atoms with Crippen molar-refractivity contribution in [2.75, 3.05) is 11.9 Å². The average Bonchev–Trinajstić information content (AvgIpc) is 3.06. The fourth-order valence-electron chi connectivity index (χ4n) is 2.27. The molecule has 0 spiro atoms. The third kappa shape index (κ3) is 4.15. The van der Waals surface area contributed by atoms with Gasteiger partial charge in [0.2, 0.25) is 5.91 Å². The SMILES string of the molecule is O=C(CNC(=O)c1cccc(O)c1)Nc1cccc(-c2n[nH]c(=O)[nH]2)c1. The van der Waals surface area contributed by atoms with Crippen LogP contribution in [0.2, 0.25) is 0 Å². The van der Waals surface area contributed by atoms with Crippen LogP contribution in [-0.4, -0.2) is 38.6 Å². The second-order valence-corrected chi connectivity index (χ2v) is 5.39. The summed E-state index contributed by atoms with van der Waals surface area (Å²) in [6.45, 7) is -0.238. The maximum atomic E-state index is 12.0. The molecule has 0 radical (unpaired) electrons. The number of phenolic OH excluding ortho intramolecular Hbond substituents is 1. The van der Waals surface area contributed by atoms with E-state index in [0.717, 1.165) is 0 Å². The minimum Gasteiger partial charge on any atom is -0.508 e. The van der Waals surface area contributed by atoms with Crippen molar-refractivity contribution in [3.05, 3.63) is 64.6 Å². The van der Waals surface area contributed by atoms with E-state index in [1.54, 1.807) is 24.3 Å². The van der Waals surface area contributed by atoms with Crippen molar-refractivity contribution in [2.24, 2.45) is 0 Å². The highest BCUT2D eigenvalue weighted by molar-refractivity contribution is 5.99. The molecule has 2 aromatic carbocycles. The summed E-state index contributed by atoms with van der Waals surface area (Å²) >= 11 is 0. The molecule has 0 saturated carbocycles. The molecule has 3 aromatic rings. The summed E-state index contributed by atoms with van der Waals surface area (Å²) in [5.74, 6) is -0.580. The maximum Gasteiger partial charge on any atom is 0.340 e. The average molecular weight is 353 g/mol. The van der Waals surface area contributed by atoms with Crippen molar-refractivity contribution in [1.82, 2.24) is 20.5 Å². The van der Waals surface area contributed by atoms with E-state index in [1.165, 1.54) is 24.3 Å². The van der Waals surface area contributed by atoms with Gasteiger partial charge in [0.1, 0.15) is 5.75 Å². The minimum absolute atomic E-state index is 0.0321. The highest BCUT2D eigenvalue weighted by Crippen LogP contribution is 2.18. The second kappa shape index (κ2) is 7.34. The molecule has 26 heavy (non-hydrogen) atoms. The summed E-state index contributed by atoms with van der Waals surface area (Å²) in [5, 5.41) is 20.6. The predicted octanol–water partition coefficient (Wildman–Crippen LogP) is 0.839. The van der Waals surface area contributed by atoms with Crippen LogP contribution in [0.3, 0.4) is 0 Å². The molecule has 3 rings (SSSR count). The smallest absolute Gasteiger partial charge is 0.340 e. The number of phenols is 1. The van der Waals surface area contributed by atoms with Crippen molar-refractivity contribution in [1.29, 1.82) is 0 Å². The second-order valence-electron chi connectivity index (χ2n) is 5.39. The van der Waals surface area contributed by atoms with Crippen LogP contribution in [0.15, 0.2) is 53.3 Å². The van der Waals surface area contributed by atoms with E-state index in [1.807, 2.05) is 0 Å². The number of nitrogens with zero attached hydrogens (tertiary/aromatic N) is 1. The van der Waals surface area contributed by atoms with Crippen molar-refractivity contribution < 1.29 is 14.7 Å². The Morgan fingerprint density at radius 2 is 1.92 bits per heavy atom. The summed E-state index contributed by atoms with van der Waals surface area (Å²) in [7, 11) is 0. The number of carbonyl (C=O) groups excluding carboxylic acids is 2. The minimum atomic E-state index is -0.473. The molecule has 0 aliphatic heterocycles. The molecule has 0 unspecified atom stereocenters. The lowest BCUT2D eigenvalue weighted by atomic mass is 10.2. The molecule has 5 N–H and O–H groups in total. The van der Waals surface area contributed by atoms with Gasteiger partial charge in [-0.1, -0.05) is 18.2 Å². The zero-order valence-corrected chi connectivity index (χ0v) is 13.4. The lowest BCUT2D eigenvalue weighted by Gasteiger charge is -2.08. The van der Waals surface area contributed by atoms with E-state index in [-0.39, 0.29) is 17.9 Å². The number of rotatable bonds is 5. The Labute approximate surface area is 147 Å². The van der Waals surface area contributed by atoms with Crippen LogP contribution in [-0.2, 0) is 4.79 Å². The topological polar surface area (TPSA) is 140 Å². The van der Waals surface area contributed by atoms with Crippen molar-refractivity contribution >= 4 is 17.5 Å². The van der Waals surface area contributed by atoms with Gasteiger partial charge in [-0.05, 0) is 30.3 Å². The van der Waals surface area contributed by atoms with Gasteiger partial charge < -0.3 is 15.7 Å². The van der Waals surface area contributed by atoms with Gasteiger partial charge in [-0.2, -0.15) is 5.10 Å². The van der Waals surface area contributed by atoms with E-state index >= 15 is 0 Å². The fourth-order valence-corrected chi connectivity index (χ4v) is 2.27. The fraction of sp³-hybridized carbons (Fsp3) is 0.0588. The van der Waals surface area contributed by atoms with Gasteiger partial charge in [-0.3, -0.25) is 14.6 Å². The zero-order valence-electron chi connectivity index (χ0n) is 13.4. The number of benzene rings is 2. The number of anilines is 1. The molecular formula is C17H15N5O4. The molecule has 9 nitrogen and oxygen atoms in total. The number of hydrogen-bond acceptors (Lipinski definition) is 5. The van der Waals surface area contributed by atoms with Crippen LogP contribution >= 0.6 is 0 Å². The van der Waals surface area contributed by atoms with E-state index < -0.39 is 17.5 Å². The first kappa shape index (κ1) is 17.0. The highest BCUT2D eigenvalue weighted by atomic mass is 16.3. The predicted molar refractivity (Wildman–Crippen MR) is 93.7 cm³/mol. The van der Waals surface area contributed by atoms with Gasteiger partial charge in [0.15, 0.2) is 5.82 Å². The van der Waals surface area contributed by atoms with E-state index in [0.29, 0.717) is 17.1 Å². The van der Waals surface area contributed by atoms with Crippen molar-refractivity contribution in [2.45, 2.75) is 0 Å². The lowest BCUT2D eigenvalue weighted by Crippen LogP contribution is -2.32. The largest absolute Gasteiger partial charge is 0.508 e. The number of aromatic hydroxyl groups is 1. The molecule has 0 aliphatic rings. The van der Waals surface area contributed by atoms with Crippen LogP contribution in [0.5, 0.6) is 5.75 Å². The molecule has 0 aliphatic carbocycles. The summed E-state index contributed by atoms with van der Waals surface area (Å²) in [4.78, 5) is 37.6. The molecule has 132 valence electrons. The third-order valence-corrected chi connectivity index (χ3v) is 3.44. The van der Waals surface area contributed by atoms with Gasteiger partial charge in [0.05, 0.1) is 6.54 Å². The molecule has 0 fully saturated rings. The first-order valence-corrected chi connectivity index (χ1v) is 7.63. The van der Waals surface area contributed by atoms with Crippen LogP contribution in [0.4, 0.5) is 5.69 Å². The molecule has 2 amide bonds. The first-order chi connectivity index (χ1) is 12.5. The summed E-state index contributed by atoms with van der Waals surface area (Å²) < 4.78 is 0. The third-order valence-electron chi connectivity index (χ3n) is 3.44. The van der Waals surface area contributed by atoms with Crippen LogP contribution in [0.1, 0.15) is 10.4 Å². The monoisotopic (exact) mass is 353 g/mol. The summed E-state index contributed by atoms with van der Waals surface area (Å²) in [6.07, 6.45) is 0. The number of aromatic amines is 2. The van der Waals surface area contributed by atoms with Crippen LogP contribution < -0.4 is 16.3 Å². The lowest BCUT2D eigenvalue weighted by molar-refractivity contribution is -0.115. The zero-order chi connectivity index (χ0) is 18.5. The Morgan fingerprint density at radius 3 is 2.65 bits per heavy atom. The molecule has 1 heterocycles.